The van der Waals surface area contributed by atoms with Crippen LogP contribution in [0.25, 0.3) is 0 Å². The van der Waals surface area contributed by atoms with Crippen LogP contribution in [0.2, 0.25) is 0 Å². The second kappa shape index (κ2) is 7.70. The maximum absolute atomic E-state index is 12.4. The Balaban J connectivity index is 1.66. The molecule has 0 spiro atoms. The van der Waals surface area contributed by atoms with Crippen molar-refractivity contribution in [2.45, 2.75) is 13.8 Å². The molecular weight excluding hydrogens is 362 g/mol. The fourth-order valence-corrected chi connectivity index (χ4v) is 2.56. The molecule has 9 nitrogen and oxygen atoms in total. The number of nitro groups is 1. The number of aromatic nitrogens is 2. The summed E-state index contributed by atoms with van der Waals surface area (Å²) in [6.45, 7) is 3.60. The van der Waals surface area contributed by atoms with E-state index in [1.807, 2.05) is 6.92 Å². The molecule has 2 aromatic carbocycles. The van der Waals surface area contributed by atoms with Crippen LogP contribution in [-0.4, -0.2) is 26.9 Å². The van der Waals surface area contributed by atoms with Crippen molar-refractivity contribution in [3.63, 3.8) is 0 Å². The first-order valence-corrected chi connectivity index (χ1v) is 8.34. The average Bonchev–Trinajstić information content (AvgIpc) is 3.00. The molecule has 0 saturated carbocycles. The number of aryl methyl sites for hydroxylation is 2. The minimum Gasteiger partial charge on any atom is -0.322 e. The number of non-ortho nitro benzene ring substituents is 1. The molecule has 0 fully saturated rings. The van der Waals surface area contributed by atoms with E-state index in [0.717, 1.165) is 5.69 Å². The molecule has 1 heterocycles. The lowest BCUT2D eigenvalue weighted by Gasteiger charge is -2.08. The Morgan fingerprint density at radius 2 is 1.46 bits per heavy atom. The zero-order chi connectivity index (χ0) is 20.3. The van der Waals surface area contributed by atoms with Crippen molar-refractivity contribution in [1.29, 1.82) is 0 Å². The third-order valence-electron chi connectivity index (χ3n) is 4.11. The molecule has 0 aliphatic rings. The van der Waals surface area contributed by atoms with Crippen LogP contribution in [0.15, 0.2) is 48.5 Å². The molecule has 28 heavy (non-hydrogen) atoms. The normalized spacial score (nSPS) is 10.4. The van der Waals surface area contributed by atoms with Gasteiger partial charge in [-0.25, -0.2) is 0 Å². The van der Waals surface area contributed by atoms with Crippen LogP contribution < -0.4 is 10.6 Å². The fourth-order valence-electron chi connectivity index (χ4n) is 2.56. The fraction of sp³-hybridized carbons (Fsp3) is 0.105. The molecule has 0 saturated heterocycles. The van der Waals surface area contributed by atoms with Crippen molar-refractivity contribution < 1.29 is 14.5 Å². The van der Waals surface area contributed by atoms with Gasteiger partial charge in [-0.3, -0.25) is 24.8 Å². The maximum Gasteiger partial charge on any atom is 0.269 e. The predicted molar refractivity (Wildman–Crippen MR) is 104 cm³/mol. The summed E-state index contributed by atoms with van der Waals surface area (Å²) in [6, 6.07) is 11.7. The van der Waals surface area contributed by atoms with E-state index in [-0.39, 0.29) is 11.6 Å². The van der Waals surface area contributed by atoms with Crippen molar-refractivity contribution in [3.05, 3.63) is 81.2 Å². The van der Waals surface area contributed by atoms with Crippen molar-refractivity contribution in [3.8, 4) is 0 Å². The van der Waals surface area contributed by atoms with Crippen LogP contribution in [0.1, 0.15) is 32.1 Å². The molecule has 0 aliphatic carbocycles. The van der Waals surface area contributed by atoms with Gasteiger partial charge in [-0.2, -0.15) is 5.10 Å². The Kier molecular flexibility index (Phi) is 5.16. The summed E-state index contributed by atoms with van der Waals surface area (Å²) in [6.07, 6.45) is 0. The number of amides is 2. The van der Waals surface area contributed by atoms with E-state index in [0.29, 0.717) is 28.2 Å². The Morgan fingerprint density at radius 3 is 1.96 bits per heavy atom. The highest BCUT2D eigenvalue weighted by Crippen LogP contribution is 2.19. The number of aromatic amines is 1. The molecule has 0 bridgehead atoms. The standard InChI is InChI=1S/C19H17N5O4/c1-11-17(12(2)23-22-11)21-19(26)13-3-7-15(8-4-13)20-18(25)14-5-9-16(10-6-14)24(27)28/h3-10H,1-2H3,(H,20,25)(H,21,26)(H,22,23). The molecule has 0 unspecified atom stereocenters. The molecule has 0 aliphatic heterocycles. The molecule has 9 heteroatoms. The number of benzene rings is 2. The van der Waals surface area contributed by atoms with Crippen LogP contribution in [0.4, 0.5) is 17.1 Å². The molecule has 0 atom stereocenters. The molecule has 3 N–H and O–H groups in total. The number of hydrogen-bond donors (Lipinski definition) is 3. The first-order valence-electron chi connectivity index (χ1n) is 8.34. The number of rotatable bonds is 5. The summed E-state index contributed by atoms with van der Waals surface area (Å²) in [5.41, 5.74) is 3.22. The number of anilines is 2. The van der Waals surface area contributed by atoms with Crippen molar-refractivity contribution >= 4 is 28.9 Å². The summed E-state index contributed by atoms with van der Waals surface area (Å²) in [4.78, 5) is 34.7. The topological polar surface area (TPSA) is 130 Å². The number of hydrogen-bond acceptors (Lipinski definition) is 5. The van der Waals surface area contributed by atoms with Gasteiger partial charge in [0.15, 0.2) is 0 Å². The van der Waals surface area contributed by atoms with Gasteiger partial charge in [0.1, 0.15) is 0 Å². The first kappa shape index (κ1) is 18.8. The average molecular weight is 379 g/mol. The smallest absolute Gasteiger partial charge is 0.269 e. The summed E-state index contributed by atoms with van der Waals surface area (Å²) in [7, 11) is 0. The number of nitrogens with zero attached hydrogens (tertiary/aromatic N) is 2. The SMILES string of the molecule is Cc1n[nH]c(C)c1NC(=O)c1ccc(NC(=O)c2ccc([N+](=O)[O-])cc2)cc1. The number of carbonyl (C=O) groups is 2. The Bertz CT molecular complexity index is 1020. The van der Waals surface area contributed by atoms with Gasteiger partial charge in [-0.15, -0.1) is 0 Å². The minimum absolute atomic E-state index is 0.0880. The van der Waals surface area contributed by atoms with E-state index in [2.05, 4.69) is 20.8 Å². The lowest BCUT2D eigenvalue weighted by atomic mass is 10.1. The van der Waals surface area contributed by atoms with Crippen molar-refractivity contribution in [2.24, 2.45) is 0 Å². The van der Waals surface area contributed by atoms with Gasteiger partial charge in [0.25, 0.3) is 17.5 Å². The Labute approximate surface area is 159 Å². The Hall–Kier alpha value is -4.01. The molecule has 1 aromatic heterocycles. The zero-order valence-electron chi connectivity index (χ0n) is 15.1. The second-order valence-corrected chi connectivity index (χ2v) is 6.10. The quantitative estimate of drug-likeness (QED) is 0.462. The molecule has 3 aromatic rings. The largest absolute Gasteiger partial charge is 0.322 e. The van der Waals surface area contributed by atoms with Crippen LogP contribution in [-0.2, 0) is 0 Å². The van der Waals surface area contributed by atoms with Crippen molar-refractivity contribution in [1.82, 2.24) is 10.2 Å². The van der Waals surface area contributed by atoms with E-state index in [4.69, 9.17) is 0 Å². The Morgan fingerprint density at radius 1 is 0.929 bits per heavy atom. The monoisotopic (exact) mass is 379 g/mol. The molecule has 3 rings (SSSR count). The van der Waals surface area contributed by atoms with Gasteiger partial charge in [-0.05, 0) is 50.2 Å². The van der Waals surface area contributed by atoms with Gasteiger partial charge in [0.2, 0.25) is 0 Å². The van der Waals surface area contributed by atoms with Gasteiger partial charge < -0.3 is 10.6 Å². The molecule has 0 radical (unpaired) electrons. The first-order chi connectivity index (χ1) is 13.3. The highest BCUT2D eigenvalue weighted by molar-refractivity contribution is 6.06. The molecular formula is C19H17N5O4. The van der Waals surface area contributed by atoms with Crippen LogP contribution >= 0.6 is 0 Å². The lowest BCUT2D eigenvalue weighted by molar-refractivity contribution is -0.384. The van der Waals surface area contributed by atoms with E-state index < -0.39 is 10.8 Å². The minimum atomic E-state index is -0.530. The van der Waals surface area contributed by atoms with E-state index >= 15 is 0 Å². The highest BCUT2D eigenvalue weighted by atomic mass is 16.6. The highest BCUT2D eigenvalue weighted by Gasteiger charge is 2.13. The summed E-state index contributed by atoms with van der Waals surface area (Å²) < 4.78 is 0. The maximum atomic E-state index is 12.4. The number of nitrogens with one attached hydrogen (secondary N) is 3. The van der Waals surface area contributed by atoms with Crippen LogP contribution in [0, 0.1) is 24.0 Å². The number of carbonyl (C=O) groups excluding carboxylic acids is 2. The predicted octanol–water partition coefficient (Wildman–Crippen LogP) is 3.44. The third-order valence-corrected chi connectivity index (χ3v) is 4.11. The third kappa shape index (κ3) is 4.04. The van der Waals surface area contributed by atoms with Gasteiger partial charge in [0.05, 0.1) is 22.0 Å². The van der Waals surface area contributed by atoms with Gasteiger partial charge in [-0.1, -0.05) is 0 Å². The summed E-state index contributed by atoms with van der Waals surface area (Å²) >= 11 is 0. The number of nitro benzene ring substituents is 1. The zero-order valence-corrected chi connectivity index (χ0v) is 15.1. The van der Waals surface area contributed by atoms with Crippen LogP contribution in [0.5, 0.6) is 0 Å². The molecule has 2 amide bonds. The van der Waals surface area contributed by atoms with E-state index in [9.17, 15) is 19.7 Å². The lowest BCUT2D eigenvalue weighted by Crippen LogP contribution is -2.14. The van der Waals surface area contributed by atoms with E-state index in [1.54, 1.807) is 31.2 Å². The number of H-pyrrole nitrogens is 1. The second-order valence-electron chi connectivity index (χ2n) is 6.10. The van der Waals surface area contributed by atoms with E-state index in [1.165, 1.54) is 24.3 Å². The summed E-state index contributed by atoms with van der Waals surface area (Å²) in [5, 5.41) is 23.0. The summed E-state index contributed by atoms with van der Waals surface area (Å²) in [5.74, 6) is -0.697. The van der Waals surface area contributed by atoms with Gasteiger partial charge >= 0.3 is 0 Å². The van der Waals surface area contributed by atoms with Crippen LogP contribution in [0.3, 0.4) is 0 Å². The van der Waals surface area contributed by atoms with Gasteiger partial charge in [0, 0.05) is 28.9 Å². The van der Waals surface area contributed by atoms with Crippen molar-refractivity contribution in [2.75, 3.05) is 10.6 Å². The molecule has 142 valence electrons.